The molecular formula is C29H19F3O. The van der Waals surface area contributed by atoms with E-state index in [1.807, 2.05) is 6.07 Å². The van der Waals surface area contributed by atoms with Crippen molar-refractivity contribution in [2.75, 3.05) is 13.7 Å². The van der Waals surface area contributed by atoms with Crippen molar-refractivity contribution >= 4 is 10.8 Å². The van der Waals surface area contributed by atoms with Crippen LogP contribution in [0.1, 0.15) is 27.8 Å². The van der Waals surface area contributed by atoms with Gasteiger partial charge in [-0.1, -0.05) is 41.9 Å². The Morgan fingerprint density at radius 1 is 0.636 bits per heavy atom. The highest BCUT2D eigenvalue weighted by molar-refractivity contribution is 5.84. The van der Waals surface area contributed by atoms with E-state index in [9.17, 15) is 13.2 Å². The molecule has 0 unspecified atom stereocenters. The van der Waals surface area contributed by atoms with Crippen molar-refractivity contribution in [3.8, 4) is 23.7 Å². The monoisotopic (exact) mass is 440 g/mol. The van der Waals surface area contributed by atoms with Crippen molar-refractivity contribution in [1.82, 2.24) is 0 Å². The van der Waals surface area contributed by atoms with Gasteiger partial charge in [-0.3, -0.25) is 0 Å². The molecule has 0 aliphatic rings. The first-order valence-electron chi connectivity index (χ1n) is 10.3. The Morgan fingerprint density at radius 3 is 1.94 bits per heavy atom. The molecule has 0 saturated carbocycles. The standard InChI is InChI=1S/C29H19F3O/c1-33-15-14-22-5-10-24(29(32)18-22)9-4-21-3-8-23(28(31)17-21)7-2-20-6-11-26-19-27(30)13-12-25(26)16-20/h3,5-6,8,10-13,16-19H,14-15H2,1H3. The van der Waals surface area contributed by atoms with Gasteiger partial charge in [0.05, 0.1) is 17.7 Å². The van der Waals surface area contributed by atoms with Gasteiger partial charge in [0.25, 0.3) is 0 Å². The zero-order valence-corrected chi connectivity index (χ0v) is 17.9. The molecule has 0 heterocycles. The van der Waals surface area contributed by atoms with Crippen molar-refractivity contribution in [1.29, 1.82) is 0 Å². The number of halogens is 3. The number of fused-ring (bicyclic) bond motifs is 1. The molecule has 33 heavy (non-hydrogen) atoms. The van der Waals surface area contributed by atoms with Gasteiger partial charge in [-0.25, -0.2) is 13.2 Å². The fourth-order valence-corrected chi connectivity index (χ4v) is 3.30. The highest BCUT2D eigenvalue weighted by Gasteiger charge is 2.03. The molecule has 4 aromatic rings. The van der Waals surface area contributed by atoms with Crippen molar-refractivity contribution in [2.24, 2.45) is 0 Å². The summed E-state index contributed by atoms with van der Waals surface area (Å²) in [5.74, 6) is 10.1. The summed E-state index contributed by atoms with van der Waals surface area (Å²) in [5, 5.41) is 1.63. The van der Waals surface area contributed by atoms with Gasteiger partial charge in [0.2, 0.25) is 0 Å². The molecule has 1 nitrogen and oxygen atoms in total. The van der Waals surface area contributed by atoms with Crippen LogP contribution in [-0.2, 0) is 11.2 Å². The minimum atomic E-state index is -0.507. The molecule has 0 atom stereocenters. The summed E-state index contributed by atoms with van der Waals surface area (Å²) in [7, 11) is 1.60. The summed E-state index contributed by atoms with van der Waals surface area (Å²) < 4.78 is 47.1. The quantitative estimate of drug-likeness (QED) is 0.343. The third-order valence-corrected chi connectivity index (χ3v) is 5.08. The van der Waals surface area contributed by atoms with Crippen LogP contribution >= 0.6 is 0 Å². The maximum Gasteiger partial charge on any atom is 0.140 e. The van der Waals surface area contributed by atoms with E-state index < -0.39 is 11.6 Å². The van der Waals surface area contributed by atoms with E-state index in [4.69, 9.17) is 4.74 Å². The van der Waals surface area contributed by atoms with Gasteiger partial charge in [0.15, 0.2) is 0 Å². The maximum atomic E-state index is 14.5. The number of rotatable bonds is 3. The zero-order valence-electron chi connectivity index (χ0n) is 17.9. The van der Waals surface area contributed by atoms with E-state index in [1.165, 1.54) is 24.3 Å². The number of hydrogen-bond donors (Lipinski definition) is 0. The van der Waals surface area contributed by atoms with Crippen LogP contribution in [0.5, 0.6) is 0 Å². The minimum Gasteiger partial charge on any atom is -0.384 e. The summed E-state index contributed by atoms with van der Waals surface area (Å²) in [6.07, 6.45) is 0.618. The Morgan fingerprint density at radius 2 is 1.24 bits per heavy atom. The molecule has 0 aliphatic heterocycles. The van der Waals surface area contributed by atoms with Crippen LogP contribution in [0.15, 0.2) is 72.8 Å². The lowest BCUT2D eigenvalue weighted by Gasteiger charge is -2.02. The highest BCUT2D eigenvalue weighted by Crippen LogP contribution is 2.17. The Bertz CT molecular complexity index is 1450. The number of methoxy groups -OCH3 is 1. The van der Waals surface area contributed by atoms with Crippen molar-refractivity contribution in [3.63, 3.8) is 0 Å². The third kappa shape index (κ3) is 5.63. The molecule has 0 saturated heterocycles. The maximum absolute atomic E-state index is 14.5. The van der Waals surface area contributed by atoms with Crippen LogP contribution < -0.4 is 0 Å². The first-order chi connectivity index (χ1) is 16.0. The Kier molecular flexibility index (Phi) is 6.79. The molecule has 0 fully saturated rings. The molecule has 0 bridgehead atoms. The molecule has 4 heteroatoms. The van der Waals surface area contributed by atoms with E-state index in [2.05, 4.69) is 23.7 Å². The first kappa shape index (κ1) is 22.2. The molecular weight excluding hydrogens is 421 g/mol. The van der Waals surface area contributed by atoms with Crippen LogP contribution in [0.2, 0.25) is 0 Å². The van der Waals surface area contributed by atoms with E-state index in [0.717, 1.165) is 16.3 Å². The Balaban J connectivity index is 1.52. The van der Waals surface area contributed by atoms with Crippen molar-refractivity contribution in [2.45, 2.75) is 6.42 Å². The molecule has 0 N–H and O–H groups in total. The Labute approximate surface area is 190 Å². The van der Waals surface area contributed by atoms with Crippen LogP contribution in [0, 0.1) is 41.1 Å². The molecule has 4 rings (SSSR count). The highest BCUT2D eigenvalue weighted by atomic mass is 19.1. The van der Waals surface area contributed by atoms with Crippen LogP contribution in [0.3, 0.4) is 0 Å². The smallest absolute Gasteiger partial charge is 0.140 e. The number of benzene rings is 4. The minimum absolute atomic E-state index is 0.230. The molecule has 0 spiro atoms. The lowest BCUT2D eigenvalue weighted by atomic mass is 10.1. The van der Waals surface area contributed by atoms with Crippen molar-refractivity contribution < 1.29 is 17.9 Å². The lowest BCUT2D eigenvalue weighted by Crippen LogP contribution is -1.96. The largest absolute Gasteiger partial charge is 0.384 e. The SMILES string of the molecule is COCCc1ccc(C#Cc2ccc(C#Cc3ccc4cc(F)ccc4c3)c(F)c2)c(F)c1. The van der Waals surface area contributed by atoms with Gasteiger partial charge in [-0.2, -0.15) is 0 Å². The summed E-state index contributed by atoms with van der Waals surface area (Å²) in [5.41, 5.74) is 2.42. The zero-order chi connectivity index (χ0) is 23.2. The average molecular weight is 440 g/mol. The predicted octanol–water partition coefficient (Wildman–Crippen LogP) is 6.25. The molecule has 162 valence electrons. The fraction of sp³-hybridized carbons (Fsp3) is 0.103. The van der Waals surface area contributed by atoms with Gasteiger partial charge >= 0.3 is 0 Å². The third-order valence-electron chi connectivity index (χ3n) is 5.08. The second-order valence-electron chi connectivity index (χ2n) is 7.46. The first-order valence-corrected chi connectivity index (χ1v) is 10.3. The van der Waals surface area contributed by atoms with Gasteiger partial charge in [-0.05, 0) is 77.4 Å². The van der Waals surface area contributed by atoms with E-state index >= 15 is 0 Å². The number of hydrogen-bond acceptors (Lipinski definition) is 1. The fourth-order valence-electron chi connectivity index (χ4n) is 3.30. The van der Waals surface area contributed by atoms with Gasteiger partial charge in [0.1, 0.15) is 17.5 Å². The van der Waals surface area contributed by atoms with Gasteiger partial charge in [-0.15, -0.1) is 0 Å². The average Bonchev–Trinajstić information content (AvgIpc) is 2.81. The molecule has 0 aliphatic carbocycles. The number of ether oxygens (including phenoxy) is 1. The van der Waals surface area contributed by atoms with E-state index in [0.29, 0.717) is 24.2 Å². The van der Waals surface area contributed by atoms with Crippen LogP contribution in [0.4, 0.5) is 13.2 Å². The molecule has 0 radical (unpaired) electrons. The topological polar surface area (TPSA) is 9.23 Å². The summed E-state index contributed by atoms with van der Waals surface area (Å²) >= 11 is 0. The Hall–Kier alpha value is -3.99. The van der Waals surface area contributed by atoms with E-state index in [1.54, 1.807) is 49.6 Å². The molecule has 0 aromatic heterocycles. The van der Waals surface area contributed by atoms with Crippen LogP contribution in [0.25, 0.3) is 10.8 Å². The summed E-state index contributed by atoms with van der Waals surface area (Å²) in [6.45, 7) is 0.514. The normalized spacial score (nSPS) is 10.3. The lowest BCUT2D eigenvalue weighted by molar-refractivity contribution is 0.202. The van der Waals surface area contributed by atoms with Gasteiger partial charge in [0, 0.05) is 18.2 Å². The second kappa shape index (κ2) is 10.1. The molecule has 0 amide bonds. The van der Waals surface area contributed by atoms with Gasteiger partial charge < -0.3 is 4.74 Å². The van der Waals surface area contributed by atoms with E-state index in [-0.39, 0.29) is 16.9 Å². The summed E-state index contributed by atoms with van der Waals surface area (Å²) in [6, 6.07) is 19.2. The molecule has 4 aromatic carbocycles. The van der Waals surface area contributed by atoms with Crippen molar-refractivity contribution in [3.05, 3.63) is 118 Å². The summed E-state index contributed by atoms with van der Waals surface area (Å²) in [4.78, 5) is 0. The van der Waals surface area contributed by atoms with Crippen LogP contribution in [-0.4, -0.2) is 13.7 Å². The predicted molar refractivity (Wildman–Crippen MR) is 124 cm³/mol. The second-order valence-corrected chi connectivity index (χ2v) is 7.46.